The van der Waals surface area contributed by atoms with Gasteiger partial charge in [0.25, 0.3) is 0 Å². The molecule has 0 N–H and O–H groups in total. The fourth-order valence-corrected chi connectivity index (χ4v) is 1.50. The summed E-state index contributed by atoms with van der Waals surface area (Å²) in [6, 6.07) is 10.4. The lowest BCUT2D eigenvalue weighted by molar-refractivity contribution is 0.776. The highest BCUT2D eigenvalue weighted by molar-refractivity contribution is 5.59. The molecule has 0 spiro atoms. The van der Waals surface area contributed by atoms with Crippen molar-refractivity contribution in [3.05, 3.63) is 49.0 Å². The summed E-state index contributed by atoms with van der Waals surface area (Å²) in [6.45, 7) is 3.85. The molecule has 71 valence electrons. The van der Waals surface area contributed by atoms with Gasteiger partial charge in [0, 0.05) is 13.2 Å². The Morgan fingerprint density at radius 2 is 1.93 bits per heavy atom. The number of hydrogen-bond donors (Lipinski definition) is 0. The van der Waals surface area contributed by atoms with Crippen molar-refractivity contribution in [3.63, 3.8) is 0 Å². The molecule has 0 aliphatic rings. The quantitative estimate of drug-likeness (QED) is 0.702. The Morgan fingerprint density at radius 1 is 1.21 bits per heavy atom. The molecule has 1 heterocycles. The van der Waals surface area contributed by atoms with E-state index in [2.05, 4.69) is 36.3 Å². The van der Waals surface area contributed by atoms with E-state index in [1.807, 2.05) is 24.0 Å². The van der Waals surface area contributed by atoms with Crippen molar-refractivity contribution in [2.75, 3.05) is 0 Å². The summed E-state index contributed by atoms with van der Waals surface area (Å²) in [6.07, 6.45) is 2.65. The molecule has 1 radical (unpaired) electrons. The normalized spacial score (nSPS) is 10.4. The molecule has 0 atom stereocenters. The second-order valence-electron chi connectivity index (χ2n) is 3.29. The fraction of sp³-hybridized carbons (Fsp3) is 0.167. The zero-order valence-corrected chi connectivity index (χ0v) is 8.27. The SMILES string of the molecule is [CH2]Cc1ccc(-c2ccnn2C)cc1. The molecular weight excluding hydrogens is 172 g/mol. The molecule has 0 bridgehead atoms. The maximum Gasteiger partial charge on any atom is 0.0678 e. The van der Waals surface area contributed by atoms with Gasteiger partial charge in [0.2, 0.25) is 0 Å². The van der Waals surface area contributed by atoms with Crippen LogP contribution in [0.3, 0.4) is 0 Å². The predicted molar refractivity (Wildman–Crippen MR) is 57.7 cm³/mol. The largest absolute Gasteiger partial charge is 0.268 e. The van der Waals surface area contributed by atoms with Crippen LogP contribution in [0, 0.1) is 6.92 Å². The van der Waals surface area contributed by atoms with Crippen molar-refractivity contribution < 1.29 is 0 Å². The minimum absolute atomic E-state index is 0.839. The average molecular weight is 185 g/mol. The highest BCUT2D eigenvalue weighted by atomic mass is 15.2. The predicted octanol–water partition coefficient (Wildman–Crippen LogP) is 2.46. The molecule has 0 unspecified atom stereocenters. The number of benzene rings is 1. The number of hydrogen-bond acceptors (Lipinski definition) is 1. The molecule has 0 amide bonds. The lowest BCUT2D eigenvalue weighted by Gasteiger charge is -2.02. The monoisotopic (exact) mass is 185 g/mol. The van der Waals surface area contributed by atoms with Crippen LogP contribution in [0.4, 0.5) is 0 Å². The standard InChI is InChI=1S/C12H13N2/c1-3-10-4-6-11(7-5-10)12-8-9-13-14(12)2/h4-9H,1,3H2,2H3. The van der Waals surface area contributed by atoms with Gasteiger partial charge in [0.1, 0.15) is 0 Å². The van der Waals surface area contributed by atoms with E-state index in [1.165, 1.54) is 11.1 Å². The van der Waals surface area contributed by atoms with Crippen molar-refractivity contribution >= 4 is 0 Å². The van der Waals surface area contributed by atoms with Gasteiger partial charge in [-0.15, -0.1) is 0 Å². The molecule has 0 saturated carbocycles. The van der Waals surface area contributed by atoms with Crippen molar-refractivity contribution in [2.24, 2.45) is 7.05 Å². The third kappa shape index (κ3) is 1.55. The van der Waals surface area contributed by atoms with E-state index in [9.17, 15) is 0 Å². The second kappa shape index (κ2) is 3.66. The van der Waals surface area contributed by atoms with E-state index in [-0.39, 0.29) is 0 Å². The zero-order chi connectivity index (χ0) is 9.97. The fourth-order valence-electron chi connectivity index (χ4n) is 1.50. The Hall–Kier alpha value is -1.57. The first-order valence-electron chi connectivity index (χ1n) is 4.68. The summed E-state index contributed by atoms with van der Waals surface area (Å²) in [5.74, 6) is 0. The van der Waals surface area contributed by atoms with Crippen LogP contribution in [0.1, 0.15) is 5.56 Å². The van der Waals surface area contributed by atoms with Crippen LogP contribution in [-0.4, -0.2) is 9.78 Å². The lowest BCUT2D eigenvalue weighted by atomic mass is 10.1. The van der Waals surface area contributed by atoms with Gasteiger partial charge in [-0.2, -0.15) is 5.10 Å². The Bertz CT molecular complexity index is 412. The molecule has 2 nitrogen and oxygen atoms in total. The van der Waals surface area contributed by atoms with Crippen LogP contribution in [0.15, 0.2) is 36.5 Å². The molecule has 0 aliphatic heterocycles. The van der Waals surface area contributed by atoms with Crippen LogP contribution in [0.5, 0.6) is 0 Å². The van der Waals surface area contributed by atoms with E-state index in [4.69, 9.17) is 0 Å². The van der Waals surface area contributed by atoms with Gasteiger partial charge in [-0.25, -0.2) is 0 Å². The smallest absolute Gasteiger partial charge is 0.0678 e. The summed E-state index contributed by atoms with van der Waals surface area (Å²) < 4.78 is 1.87. The van der Waals surface area contributed by atoms with Gasteiger partial charge in [-0.3, -0.25) is 4.68 Å². The van der Waals surface area contributed by atoms with E-state index in [0.29, 0.717) is 0 Å². The highest BCUT2D eigenvalue weighted by Crippen LogP contribution is 2.18. The molecule has 0 aliphatic carbocycles. The topological polar surface area (TPSA) is 17.8 Å². The molecule has 1 aromatic carbocycles. The van der Waals surface area contributed by atoms with E-state index in [1.54, 1.807) is 0 Å². The van der Waals surface area contributed by atoms with Gasteiger partial charge in [-0.05, 0) is 30.5 Å². The Morgan fingerprint density at radius 3 is 2.43 bits per heavy atom. The van der Waals surface area contributed by atoms with Crippen LogP contribution in [-0.2, 0) is 13.5 Å². The molecule has 0 fully saturated rings. The third-order valence-corrected chi connectivity index (χ3v) is 2.36. The Kier molecular flexibility index (Phi) is 2.35. The van der Waals surface area contributed by atoms with Crippen LogP contribution in [0.25, 0.3) is 11.3 Å². The number of aromatic nitrogens is 2. The van der Waals surface area contributed by atoms with Crippen molar-refractivity contribution in [1.29, 1.82) is 0 Å². The van der Waals surface area contributed by atoms with Crippen LogP contribution in [0.2, 0.25) is 0 Å². The minimum atomic E-state index is 0.839. The zero-order valence-electron chi connectivity index (χ0n) is 8.27. The molecule has 1 aromatic heterocycles. The van der Waals surface area contributed by atoms with Gasteiger partial charge in [0.15, 0.2) is 0 Å². The first-order chi connectivity index (χ1) is 6.81. The van der Waals surface area contributed by atoms with Gasteiger partial charge >= 0.3 is 0 Å². The Balaban J connectivity index is 2.39. The first-order valence-corrected chi connectivity index (χ1v) is 4.68. The van der Waals surface area contributed by atoms with Gasteiger partial charge < -0.3 is 0 Å². The lowest BCUT2D eigenvalue weighted by Crippen LogP contribution is -1.93. The van der Waals surface area contributed by atoms with E-state index in [0.717, 1.165) is 12.1 Å². The van der Waals surface area contributed by atoms with Crippen LogP contribution >= 0.6 is 0 Å². The highest BCUT2D eigenvalue weighted by Gasteiger charge is 2.00. The molecule has 2 aromatic rings. The number of rotatable bonds is 2. The molecule has 2 rings (SSSR count). The van der Waals surface area contributed by atoms with Crippen molar-refractivity contribution in [2.45, 2.75) is 6.42 Å². The van der Waals surface area contributed by atoms with E-state index >= 15 is 0 Å². The molecule has 14 heavy (non-hydrogen) atoms. The van der Waals surface area contributed by atoms with Crippen molar-refractivity contribution in [3.8, 4) is 11.3 Å². The second-order valence-corrected chi connectivity index (χ2v) is 3.29. The van der Waals surface area contributed by atoms with Gasteiger partial charge in [0.05, 0.1) is 5.69 Å². The molecular formula is C12H13N2. The number of nitrogens with zero attached hydrogens (tertiary/aromatic N) is 2. The summed E-state index contributed by atoms with van der Waals surface area (Å²) in [4.78, 5) is 0. The summed E-state index contributed by atoms with van der Waals surface area (Å²) in [5.41, 5.74) is 3.60. The summed E-state index contributed by atoms with van der Waals surface area (Å²) in [5, 5.41) is 4.14. The third-order valence-electron chi connectivity index (χ3n) is 2.36. The van der Waals surface area contributed by atoms with Crippen LogP contribution < -0.4 is 0 Å². The molecule has 2 heteroatoms. The summed E-state index contributed by atoms with van der Waals surface area (Å²) >= 11 is 0. The number of aryl methyl sites for hydroxylation is 1. The Labute approximate surface area is 84.2 Å². The van der Waals surface area contributed by atoms with Crippen molar-refractivity contribution in [1.82, 2.24) is 9.78 Å². The maximum atomic E-state index is 4.14. The maximum absolute atomic E-state index is 4.14. The first kappa shape index (κ1) is 9.00. The average Bonchev–Trinajstić information content (AvgIpc) is 2.65. The minimum Gasteiger partial charge on any atom is -0.268 e. The van der Waals surface area contributed by atoms with Gasteiger partial charge in [-0.1, -0.05) is 24.3 Å². The molecule has 0 saturated heterocycles. The van der Waals surface area contributed by atoms with E-state index < -0.39 is 0 Å². The summed E-state index contributed by atoms with van der Waals surface area (Å²) in [7, 11) is 1.95.